The number of aliphatic hydroxyl groups is 1. The summed E-state index contributed by atoms with van der Waals surface area (Å²) >= 11 is 0. The summed E-state index contributed by atoms with van der Waals surface area (Å²) < 4.78 is 37.6. The molecule has 0 spiro atoms. The highest BCUT2D eigenvalue weighted by atomic mass is 19.1. The summed E-state index contributed by atoms with van der Waals surface area (Å²) in [5, 5.41) is 10.9. The zero-order chi connectivity index (χ0) is 19.4. The number of rotatable bonds is 4. The summed E-state index contributed by atoms with van der Waals surface area (Å²) in [6.45, 7) is 4.46. The van der Waals surface area contributed by atoms with Crippen molar-refractivity contribution in [2.45, 2.75) is 31.4 Å². The number of hydrogen-bond donors (Lipinski definition) is 1. The van der Waals surface area contributed by atoms with Gasteiger partial charge in [0.1, 0.15) is 29.6 Å². The zero-order valence-electron chi connectivity index (χ0n) is 15.5. The van der Waals surface area contributed by atoms with Crippen molar-refractivity contribution in [3.63, 3.8) is 0 Å². The fourth-order valence-electron chi connectivity index (χ4n) is 3.72. The van der Waals surface area contributed by atoms with Crippen LogP contribution in [0.15, 0.2) is 18.2 Å². The molecule has 0 saturated carbocycles. The Hall–Kier alpha value is -1.77. The standard InChI is InChI=1S/C19H26F2N2O4/c1-14(24)22-4-2-17(3-5-22)23-6-7-26-12-19(25,11-23)13-27-18-9-15(20)8-16(21)10-18/h8-10,17,25H,2-7,11-13H2,1H3/t19-/m1/s1. The third-order valence-electron chi connectivity index (χ3n) is 5.16. The van der Waals surface area contributed by atoms with Gasteiger partial charge in [-0.05, 0) is 12.8 Å². The lowest BCUT2D eigenvalue weighted by Gasteiger charge is -2.40. The molecule has 1 aromatic carbocycles. The SMILES string of the molecule is CC(=O)N1CCC(N2CCOC[C@@](O)(COc3cc(F)cc(F)c3)C2)CC1. The molecule has 2 heterocycles. The summed E-state index contributed by atoms with van der Waals surface area (Å²) in [5.74, 6) is -1.34. The third kappa shape index (κ3) is 5.37. The number of likely N-dealkylation sites (tertiary alicyclic amines) is 1. The Morgan fingerprint density at radius 3 is 2.56 bits per heavy atom. The van der Waals surface area contributed by atoms with Gasteiger partial charge in [0, 0.05) is 57.3 Å². The molecule has 1 aromatic rings. The Labute approximate surface area is 157 Å². The summed E-state index contributed by atoms with van der Waals surface area (Å²) in [6.07, 6.45) is 1.68. The number of piperidine rings is 1. The molecule has 6 nitrogen and oxygen atoms in total. The van der Waals surface area contributed by atoms with E-state index in [1.165, 1.54) is 0 Å². The van der Waals surface area contributed by atoms with Gasteiger partial charge in [-0.1, -0.05) is 0 Å². The van der Waals surface area contributed by atoms with Crippen LogP contribution >= 0.6 is 0 Å². The molecule has 0 aromatic heterocycles. The van der Waals surface area contributed by atoms with Gasteiger partial charge >= 0.3 is 0 Å². The van der Waals surface area contributed by atoms with Gasteiger partial charge in [0.05, 0.1) is 13.2 Å². The number of β-amino-alcohol motifs (C(OH)–C–C–N with tert-alkyl or cyclic N) is 1. The maximum atomic E-state index is 13.3. The molecule has 0 aliphatic carbocycles. The Bertz CT molecular complexity index is 647. The van der Waals surface area contributed by atoms with Crippen LogP contribution in [0.4, 0.5) is 8.78 Å². The lowest BCUT2D eigenvalue weighted by Crippen LogP contribution is -2.53. The fraction of sp³-hybridized carbons (Fsp3) is 0.632. The second-order valence-electron chi connectivity index (χ2n) is 7.38. The largest absolute Gasteiger partial charge is 0.490 e. The predicted octanol–water partition coefficient (Wildman–Crippen LogP) is 1.42. The molecule has 0 bridgehead atoms. The van der Waals surface area contributed by atoms with Crippen LogP contribution in [0, 0.1) is 11.6 Å². The van der Waals surface area contributed by atoms with Crippen molar-refractivity contribution < 1.29 is 28.2 Å². The minimum Gasteiger partial charge on any atom is -0.490 e. The maximum Gasteiger partial charge on any atom is 0.219 e. The van der Waals surface area contributed by atoms with Gasteiger partial charge in [-0.3, -0.25) is 9.69 Å². The average Bonchev–Trinajstić information content (AvgIpc) is 2.82. The van der Waals surface area contributed by atoms with Crippen LogP contribution < -0.4 is 4.74 Å². The zero-order valence-corrected chi connectivity index (χ0v) is 15.5. The van der Waals surface area contributed by atoms with Crippen LogP contribution in [-0.4, -0.2) is 78.5 Å². The van der Waals surface area contributed by atoms with Gasteiger partial charge in [0.25, 0.3) is 0 Å². The number of halogens is 2. The van der Waals surface area contributed by atoms with Crippen molar-refractivity contribution in [3.8, 4) is 5.75 Å². The third-order valence-corrected chi connectivity index (χ3v) is 5.16. The molecular weight excluding hydrogens is 358 g/mol. The number of carbonyl (C=O) groups is 1. The second-order valence-corrected chi connectivity index (χ2v) is 7.38. The van der Waals surface area contributed by atoms with Crippen LogP contribution in [-0.2, 0) is 9.53 Å². The molecule has 150 valence electrons. The molecule has 1 atom stereocenters. The van der Waals surface area contributed by atoms with E-state index in [4.69, 9.17) is 9.47 Å². The minimum absolute atomic E-state index is 0.0338. The Kier molecular flexibility index (Phi) is 6.29. The van der Waals surface area contributed by atoms with E-state index in [0.29, 0.717) is 32.8 Å². The molecule has 2 fully saturated rings. The van der Waals surface area contributed by atoms with E-state index in [1.54, 1.807) is 6.92 Å². The minimum atomic E-state index is -1.28. The van der Waals surface area contributed by atoms with Crippen molar-refractivity contribution in [2.75, 3.05) is 46.0 Å². The number of benzene rings is 1. The number of amides is 1. The summed E-state index contributed by atoms with van der Waals surface area (Å²) in [4.78, 5) is 15.5. The van der Waals surface area contributed by atoms with E-state index in [1.807, 2.05) is 4.90 Å². The number of nitrogens with zero attached hydrogens (tertiary/aromatic N) is 2. The van der Waals surface area contributed by atoms with E-state index < -0.39 is 17.2 Å². The van der Waals surface area contributed by atoms with Crippen LogP contribution in [0.2, 0.25) is 0 Å². The van der Waals surface area contributed by atoms with Crippen molar-refractivity contribution in [3.05, 3.63) is 29.8 Å². The molecule has 1 amide bonds. The predicted molar refractivity (Wildman–Crippen MR) is 94.5 cm³/mol. The van der Waals surface area contributed by atoms with Gasteiger partial charge in [0.15, 0.2) is 0 Å². The van der Waals surface area contributed by atoms with E-state index in [9.17, 15) is 18.7 Å². The molecule has 0 unspecified atom stereocenters. The highest BCUT2D eigenvalue weighted by Crippen LogP contribution is 2.23. The molecular formula is C19H26F2N2O4. The van der Waals surface area contributed by atoms with Gasteiger partial charge in [-0.25, -0.2) is 8.78 Å². The lowest BCUT2D eigenvalue weighted by atomic mass is 9.99. The fourth-order valence-corrected chi connectivity index (χ4v) is 3.72. The number of ether oxygens (including phenoxy) is 2. The number of carbonyl (C=O) groups excluding carboxylic acids is 1. The van der Waals surface area contributed by atoms with E-state index in [0.717, 1.165) is 31.0 Å². The van der Waals surface area contributed by atoms with Gasteiger partial charge in [-0.15, -0.1) is 0 Å². The molecule has 1 N–H and O–H groups in total. The van der Waals surface area contributed by atoms with E-state index in [2.05, 4.69) is 4.90 Å². The van der Waals surface area contributed by atoms with Gasteiger partial charge in [-0.2, -0.15) is 0 Å². The first-order valence-corrected chi connectivity index (χ1v) is 9.23. The molecule has 27 heavy (non-hydrogen) atoms. The van der Waals surface area contributed by atoms with Gasteiger partial charge < -0.3 is 19.5 Å². The van der Waals surface area contributed by atoms with Crippen molar-refractivity contribution in [1.29, 1.82) is 0 Å². The first kappa shape index (κ1) is 20.0. The first-order chi connectivity index (χ1) is 12.8. The summed E-state index contributed by atoms with van der Waals surface area (Å²) in [5.41, 5.74) is -1.28. The van der Waals surface area contributed by atoms with E-state index in [-0.39, 0.29) is 30.9 Å². The van der Waals surface area contributed by atoms with E-state index >= 15 is 0 Å². The molecule has 2 saturated heterocycles. The highest BCUT2D eigenvalue weighted by Gasteiger charge is 2.37. The molecule has 2 aliphatic heterocycles. The maximum absolute atomic E-state index is 13.3. The lowest BCUT2D eigenvalue weighted by molar-refractivity contribution is -0.130. The molecule has 8 heteroatoms. The Balaban J connectivity index is 1.60. The second kappa shape index (κ2) is 8.50. The smallest absolute Gasteiger partial charge is 0.219 e. The van der Waals surface area contributed by atoms with Crippen LogP contribution in [0.25, 0.3) is 0 Å². The monoisotopic (exact) mass is 384 g/mol. The average molecular weight is 384 g/mol. The quantitative estimate of drug-likeness (QED) is 0.851. The van der Waals surface area contributed by atoms with Crippen molar-refractivity contribution in [1.82, 2.24) is 9.80 Å². The van der Waals surface area contributed by atoms with Crippen LogP contribution in [0.3, 0.4) is 0 Å². The highest BCUT2D eigenvalue weighted by molar-refractivity contribution is 5.73. The first-order valence-electron chi connectivity index (χ1n) is 9.23. The summed E-state index contributed by atoms with van der Waals surface area (Å²) in [7, 11) is 0. The van der Waals surface area contributed by atoms with Crippen molar-refractivity contribution in [2.24, 2.45) is 0 Å². The van der Waals surface area contributed by atoms with Gasteiger partial charge in [0.2, 0.25) is 5.91 Å². The normalized spacial score (nSPS) is 25.3. The number of hydrogen-bond acceptors (Lipinski definition) is 5. The molecule has 3 rings (SSSR count). The molecule has 0 radical (unpaired) electrons. The molecule has 2 aliphatic rings. The van der Waals surface area contributed by atoms with Crippen LogP contribution in [0.1, 0.15) is 19.8 Å². The van der Waals surface area contributed by atoms with Crippen LogP contribution in [0.5, 0.6) is 5.75 Å². The Morgan fingerprint density at radius 1 is 1.26 bits per heavy atom. The van der Waals surface area contributed by atoms with Crippen molar-refractivity contribution >= 4 is 5.91 Å². The summed E-state index contributed by atoms with van der Waals surface area (Å²) in [6, 6.07) is 3.18. The topological polar surface area (TPSA) is 62.2 Å². The Morgan fingerprint density at radius 2 is 1.93 bits per heavy atom.